The van der Waals surface area contributed by atoms with Crippen molar-refractivity contribution in [2.24, 2.45) is 0 Å². The summed E-state index contributed by atoms with van der Waals surface area (Å²) in [4.78, 5) is 17.9. The maximum absolute atomic E-state index is 13.9. The normalized spacial score (nSPS) is 16.1. The van der Waals surface area contributed by atoms with Crippen LogP contribution in [0.15, 0.2) is 95.9 Å². The average Bonchev–Trinajstić information content (AvgIpc) is 3.19. The SMILES string of the molecule is COCCCN1CCOc2ccc(OCC3CN(S(=O)(=O)c4ccc(C)cc4)CC(=O)N3c3ccc(OCCCOCc4ccccc4OC)cc3)cc21. The van der Waals surface area contributed by atoms with E-state index < -0.39 is 16.1 Å². The minimum absolute atomic E-state index is 0.0479. The van der Waals surface area contributed by atoms with Crippen LogP contribution in [0.4, 0.5) is 11.4 Å². The standard InChI is InChI=1S/C41H49N3O9S/c1-31-10-17-37(18-11-31)54(46,47)43-27-34(30-53-36-16-19-40-38(26-36)42(21-25-52-40)20-6-22-48-2)44(41(45)28-43)33-12-14-35(15-13-33)51-24-7-23-50-29-32-8-4-5-9-39(32)49-3/h4-5,8-19,26,34H,6-7,20-25,27-30H2,1-3H3. The number of carbonyl (C=O) groups is 1. The lowest BCUT2D eigenvalue weighted by Gasteiger charge is -2.40. The third-order valence-corrected chi connectivity index (χ3v) is 11.2. The number of carbonyl (C=O) groups excluding carboxylic acids is 1. The Labute approximate surface area is 318 Å². The highest BCUT2D eigenvalue weighted by molar-refractivity contribution is 7.89. The molecule has 2 heterocycles. The van der Waals surface area contributed by atoms with E-state index in [4.69, 9.17) is 28.4 Å². The van der Waals surface area contributed by atoms with Crippen LogP contribution in [-0.2, 0) is 30.9 Å². The zero-order valence-electron chi connectivity index (χ0n) is 31.1. The average molecular weight is 760 g/mol. The Morgan fingerprint density at radius 1 is 0.852 bits per heavy atom. The number of benzene rings is 4. The highest BCUT2D eigenvalue weighted by Crippen LogP contribution is 2.36. The molecule has 13 heteroatoms. The maximum atomic E-state index is 13.9. The molecule has 0 aliphatic carbocycles. The molecule has 4 aromatic rings. The lowest BCUT2D eigenvalue weighted by atomic mass is 10.1. The summed E-state index contributed by atoms with van der Waals surface area (Å²) in [5.41, 5.74) is 3.48. The first kappa shape index (κ1) is 38.9. The van der Waals surface area contributed by atoms with Gasteiger partial charge in [-0.15, -0.1) is 0 Å². The van der Waals surface area contributed by atoms with E-state index in [0.717, 1.165) is 47.8 Å². The Morgan fingerprint density at radius 2 is 1.63 bits per heavy atom. The summed E-state index contributed by atoms with van der Waals surface area (Å²) >= 11 is 0. The van der Waals surface area contributed by atoms with Crippen molar-refractivity contribution >= 4 is 27.3 Å². The molecule has 1 amide bonds. The fraction of sp³-hybridized carbons (Fsp3) is 0.390. The number of methoxy groups -OCH3 is 2. The Morgan fingerprint density at radius 3 is 2.41 bits per heavy atom. The van der Waals surface area contributed by atoms with Crippen molar-refractivity contribution in [2.75, 3.05) is 83.2 Å². The van der Waals surface area contributed by atoms with E-state index in [-0.39, 0.29) is 30.5 Å². The second kappa shape index (κ2) is 18.5. The van der Waals surface area contributed by atoms with E-state index >= 15 is 0 Å². The van der Waals surface area contributed by atoms with Gasteiger partial charge in [0.15, 0.2) is 0 Å². The molecule has 1 fully saturated rings. The van der Waals surface area contributed by atoms with Gasteiger partial charge in [0, 0.05) is 50.5 Å². The van der Waals surface area contributed by atoms with Gasteiger partial charge in [-0.25, -0.2) is 8.42 Å². The molecule has 0 aromatic heterocycles. The molecule has 0 spiro atoms. The number of para-hydroxylation sites is 1. The lowest BCUT2D eigenvalue weighted by molar-refractivity contribution is -0.121. The van der Waals surface area contributed by atoms with Crippen LogP contribution < -0.4 is 28.7 Å². The molecule has 0 bridgehead atoms. The van der Waals surface area contributed by atoms with Crippen LogP contribution in [-0.4, -0.2) is 98.1 Å². The first-order valence-electron chi connectivity index (χ1n) is 18.2. The molecule has 4 aromatic carbocycles. The summed E-state index contributed by atoms with van der Waals surface area (Å²) in [6, 6.07) is 26.7. The summed E-state index contributed by atoms with van der Waals surface area (Å²) in [5.74, 6) is 2.46. The molecule has 1 atom stereocenters. The molecule has 2 aliphatic rings. The zero-order chi connectivity index (χ0) is 37.9. The van der Waals surface area contributed by atoms with Crippen molar-refractivity contribution in [2.45, 2.75) is 37.3 Å². The van der Waals surface area contributed by atoms with Gasteiger partial charge in [0.2, 0.25) is 15.9 Å². The highest BCUT2D eigenvalue weighted by Gasteiger charge is 2.40. The molecule has 0 saturated carbocycles. The van der Waals surface area contributed by atoms with Crippen LogP contribution >= 0.6 is 0 Å². The Kier molecular flexibility index (Phi) is 13.3. The predicted molar refractivity (Wildman–Crippen MR) is 207 cm³/mol. The number of aryl methyl sites for hydroxylation is 1. The minimum Gasteiger partial charge on any atom is -0.496 e. The minimum atomic E-state index is -3.95. The molecule has 6 rings (SSSR count). The maximum Gasteiger partial charge on any atom is 0.243 e. The topological polar surface area (TPSA) is 116 Å². The number of anilines is 2. The number of sulfonamides is 1. The van der Waals surface area contributed by atoms with Gasteiger partial charge in [-0.3, -0.25) is 4.79 Å². The number of hydrogen-bond donors (Lipinski definition) is 0. The highest BCUT2D eigenvalue weighted by atomic mass is 32.2. The van der Waals surface area contributed by atoms with Crippen molar-refractivity contribution in [3.8, 4) is 23.0 Å². The third-order valence-electron chi connectivity index (χ3n) is 9.39. The van der Waals surface area contributed by atoms with Crippen LogP contribution in [0.1, 0.15) is 24.0 Å². The first-order chi connectivity index (χ1) is 26.3. The number of hydrogen-bond acceptors (Lipinski definition) is 10. The van der Waals surface area contributed by atoms with Gasteiger partial charge in [0.05, 0.1) is 56.6 Å². The Balaban J connectivity index is 1.13. The number of rotatable bonds is 18. The number of fused-ring (bicyclic) bond motifs is 1. The quantitative estimate of drug-likeness (QED) is 0.117. The van der Waals surface area contributed by atoms with Crippen LogP contribution in [0.2, 0.25) is 0 Å². The van der Waals surface area contributed by atoms with Crippen molar-refractivity contribution in [3.05, 3.63) is 102 Å². The van der Waals surface area contributed by atoms with Crippen molar-refractivity contribution in [1.82, 2.24) is 4.31 Å². The zero-order valence-corrected chi connectivity index (χ0v) is 32.0. The van der Waals surface area contributed by atoms with Gasteiger partial charge in [0.25, 0.3) is 0 Å². The summed E-state index contributed by atoms with van der Waals surface area (Å²) in [7, 11) is -0.611. The van der Waals surface area contributed by atoms with Crippen LogP contribution in [0, 0.1) is 6.92 Å². The predicted octanol–water partition coefficient (Wildman–Crippen LogP) is 5.71. The number of ether oxygens (including phenoxy) is 6. The molecule has 12 nitrogen and oxygen atoms in total. The number of piperazine rings is 1. The summed E-state index contributed by atoms with van der Waals surface area (Å²) in [6.45, 7) is 5.92. The van der Waals surface area contributed by atoms with E-state index in [1.807, 2.05) is 73.7 Å². The van der Waals surface area contributed by atoms with Gasteiger partial charge in [-0.05, 0) is 67.9 Å². The van der Waals surface area contributed by atoms with E-state index in [1.54, 1.807) is 43.4 Å². The van der Waals surface area contributed by atoms with Crippen molar-refractivity contribution < 1.29 is 41.6 Å². The summed E-state index contributed by atoms with van der Waals surface area (Å²) in [5, 5.41) is 0. The lowest BCUT2D eigenvalue weighted by Crippen LogP contribution is -2.59. The van der Waals surface area contributed by atoms with Crippen molar-refractivity contribution in [3.63, 3.8) is 0 Å². The smallest absolute Gasteiger partial charge is 0.243 e. The number of amides is 1. The van der Waals surface area contributed by atoms with Gasteiger partial charge in [-0.1, -0.05) is 35.9 Å². The van der Waals surface area contributed by atoms with Gasteiger partial charge in [0.1, 0.15) is 36.2 Å². The molecule has 288 valence electrons. The second-order valence-corrected chi connectivity index (χ2v) is 15.1. The largest absolute Gasteiger partial charge is 0.496 e. The summed E-state index contributed by atoms with van der Waals surface area (Å²) < 4.78 is 63.5. The second-order valence-electron chi connectivity index (χ2n) is 13.2. The van der Waals surface area contributed by atoms with Gasteiger partial charge in [-0.2, -0.15) is 4.31 Å². The first-order valence-corrected chi connectivity index (χ1v) is 19.7. The monoisotopic (exact) mass is 759 g/mol. The molecule has 2 aliphatic heterocycles. The van der Waals surface area contributed by atoms with Crippen LogP contribution in [0.25, 0.3) is 0 Å². The van der Waals surface area contributed by atoms with E-state index in [0.29, 0.717) is 56.6 Å². The molecule has 1 unspecified atom stereocenters. The Bertz CT molecular complexity index is 1940. The molecule has 54 heavy (non-hydrogen) atoms. The van der Waals surface area contributed by atoms with Crippen LogP contribution in [0.5, 0.6) is 23.0 Å². The summed E-state index contributed by atoms with van der Waals surface area (Å²) in [6.07, 6.45) is 1.56. The fourth-order valence-electron chi connectivity index (χ4n) is 6.56. The van der Waals surface area contributed by atoms with Crippen molar-refractivity contribution in [1.29, 1.82) is 0 Å². The third kappa shape index (κ3) is 9.64. The fourth-order valence-corrected chi connectivity index (χ4v) is 7.99. The molecule has 1 saturated heterocycles. The molecular weight excluding hydrogens is 711 g/mol. The Hall–Kier alpha value is -4.82. The van der Waals surface area contributed by atoms with E-state index in [9.17, 15) is 13.2 Å². The van der Waals surface area contributed by atoms with Gasteiger partial charge >= 0.3 is 0 Å². The van der Waals surface area contributed by atoms with E-state index in [1.165, 1.54) is 4.31 Å². The molecule has 0 radical (unpaired) electrons. The van der Waals surface area contributed by atoms with Crippen LogP contribution in [0.3, 0.4) is 0 Å². The molecule has 0 N–H and O–H groups in total. The van der Waals surface area contributed by atoms with E-state index in [2.05, 4.69) is 4.90 Å². The molecular formula is C41H49N3O9S. The number of nitrogens with zero attached hydrogens (tertiary/aromatic N) is 3. The van der Waals surface area contributed by atoms with Gasteiger partial charge < -0.3 is 38.2 Å².